The molecule has 0 bridgehead atoms. The largest absolute Gasteiger partial charge is 0.371 e. The van der Waals surface area contributed by atoms with Crippen LogP contribution in [0.5, 0.6) is 0 Å². The molecule has 110 valence electrons. The number of carbonyl (C=O) groups excluding carboxylic acids is 1. The van der Waals surface area contributed by atoms with Gasteiger partial charge in [0.15, 0.2) is 0 Å². The summed E-state index contributed by atoms with van der Waals surface area (Å²) in [6.07, 6.45) is 5.48. The SMILES string of the molecule is Cn1nncc1C(=O)N[C@H]1CCO[C@@H]1c1cncc(Br)c1. The molecule has 0 saturated carbocycles. The highest BCUT2D eigenvalue weighted by Crippen LogP contribution is 2.30. The molecule has 1 fully saturated rings. The zero-order chi connectivity index (χ0) is 14.8. The lowest BCUT2D eigenvalue weighted by atomic mass is 10.0. The first kappa shape index (κ1) is 14.2. The first-order chi connectivity index (χ1) is 10.1. The van der Waals surface area contributed by atoms with E-state index >= 15 is 0 Å². The molecule has 2 aromatic rings. The fourth-order valence-corrected chi connectivity index (χ4v) is 2.77. The molecule has 1 aliphatic rings. The predicted octanol–water partition coefficient (Wildman–Crippen LogP) is 1.23. The molecule has 2 aromatic heterocycles. The zero-order valence-corrected chi connectivity index (χ0v) is 12.9. The normalized spacial score (nSPS) is 21.4. The standard InChI is InChI=1S/C13H14BrN5O2/c1-19-11(7-16-18-19)13(20)17-10-2-3-21-12(10)8-4-9(14)6-15-5-8/h4-7,10,12H,2-3H2,1H3,(H,17,20)/t10-,12+/m0/s1. The highest BCUT2D eigenvalue weighted by atomic mass is 79.9. The minimum Gasteiger partial charge on any atom is -0.371 e. The van der Waals surface area contributed by atoms with Gasteiger partial charge in [-0.15, -0.1) is 5.10 Å². The van der Waals surface area contributed by atoms with E-state index in [-0.39, 0.29) is 18.1 Å². The maximum atomic E-state index is 12.2. The van der Waals surface area contributed by atoms with Crippen LogP contribution in [0.1, 0.15) is 28.6 Å². The molecule has 0 radical (unpaired) electrons. The van der Waals surface area contributed by atoms with Gasteiger partial charge in [0.1, 0.15) is 11.8 Å². The number of pyridine rings is 1. The van der Waals surface area contributed by atoms with Gasteiger partial charge < -0.3 is 10.1 Å². The van der Waals surface area contributed by atoms with Crippen molar-refractivity contribution in [2.75, 3.05) is 6.61 Å². The summed E-state index contributed by atoms with van der Waals surface area (Å²) in [5.74, 6) is -0.203. The van der Waals surface area contributed by atoms with Crippen LogP contribution in [0.3, 0.4) is 0 Å². The van der Waals surface area contributed by atoms with E-state index < -0.39 is 0 Å². The van der Waals surface area contributed by atoms with Crippen LogP contribution in [0.4, 0.5) is 0 Å². The molecule has 1 amide bonds. The molecule has 21 heavy (non-hydrogen) atoms. The third kappa shape index (κ3) is 2.96. The maximum absolute atomic E-state index is 12.2. The Labute approximate surface area is 129 Å². The second kappa shape index (κ2) is 5.90. The molecule has 8 heteroatoms. The number of aromatic nitrogens is 4. The topological polar surface area (TPSA) is 81.9 Å². The molecule has 3 heterocycles. The number of hydrogen-bond donors (Lipinski definition) is 1. The lowest BCUT2D eigenvalue weighted by molar-refractivity contribution is 0.0813. The Morgan fingerprint density at radius 1 is 1.48 bits per heavy atom. The average Bonchev–Trinajstić information content (AvgIpc) is 3.07. The van der Waals surface area contributed by atoms with Crippen LogP contribution in [0.2, 0.25) is 0 Å². The van der Waals surface area contributed by atoms with Gasteiger partial charge in [0.25, 0.3) is 5.91 Å². The monoisotopic (exact) mass is 351 g/mol. The third-order valence-electron chi connectivity index (χ3n) is 3.41. The van der Waals surface area contributed by atoms with E-state index in [2.05, 4.69) is 36.5 Å². The average molecular weight is 352 g/mol. The number of amides is 1. The van der Waals surface area contributed by atoms with Crippen molar-refractivity contribution in [2.45, 2.75) is 18.6 Å². The van der Waals surface area contributed by atoms with Gasteiger partial charge in [-0.2, -0.15) is 0 Å². The van der Waals surface area contributed by atoms with Crippen LogP contribution in [0.15, 0.2) is 29.1 Å². The number of nitrogens with one attached hydrogen (secondary N) is 1. The van der Waals surface area contributed by atoms with Crippen molar-refractivity contribution in [2.24, 2.45) is 7.05 Å². The molecule has 0 spiro atoms. The molecule has 3 rings (SSSR count). The summed E-state index contributed by atoms with van der Waals surface area (Å²) in [5, 5.41) is 10.5. The van der Waals surface area contributed by atoms with E-state index in [1.165, 1.54) is 10.9 Å². The van der Waals surface area contributed by atoms with Crippen molar-refractivity contribution in [3.8, 4) is 0 Å². The summed E-state index contributed by atoms with van der Waals surface area (Å²) in [6.45, 7) is 0.603. The molecule has 0 aliphatic carbocycles. The molecule has 1 aliphatic heterocycles. The number of hydrogen-bond acceptors (Lipinski definition) is 5. The van der Waals surface area contributed by atoms with Gasteiger partial charge in [0.05, 0.1) is 12.2 Å². The van der Waals surface area contributed by atoms with Gasteiger partial charge in [-0.1, -0.05) is 5.21 Å². The summed E-state index contributed by atoms with van der Waals surface area (Å²) in [6, 6.07) is 1.86. The molecule has 1 N–H and O–H groups in total. The number of carbonyl (C=O) groups is 1. The van der Waals surface area contributed by atoms with Gasteiger partial charge in [0, 0.05) is 36.1 Å². The van der Waals surface area contributed by atoms with Crippen molar-refractivity contribution in [3.05, 3.63) is 40.4 Å². The molecule has 2 atom stereocenters. The zero-order valence-electron chi connectivity index (χ0n) is 11.4. The summed E-state index contributed by atoms with van der Waals surface area (Å²) in [4.78, 5) is 16.4. The van der Waals surface area contributed by atoms with Gasteiger partial charge >= 0.3 is 0 Å². The summed E-state index contributed by atoms with van der Waals surface area (Å²) >= 11 is 3.40. The number of nitrogens with zero attached hydrogens (tertiary/aromatic N) is 4. The lowest BCUT2D eigenvalue weighted by Crippen LogP contribution is -2.37. The van der Waals surface area contributed by atoms with E-state index in [4.69, 9.17) is 4.74 Å². The molecular weight excluding hydrogens is 338 g/mol. The van der Waals surface area contributed by atoms with Crippen LogP contribution < -0.4 is 5.32 Å². The van der Waals surface area contributed by atoms with E-state index in [0.29, 0.717) is 12.3 Å². The Morgan fingerprint density at radius 3 is 3.05 bits per heavy atom. The van der Waals surface area contributed by atoms with Crippen molar-refractivity contribution < 1.29 is 9.53 Å². The van der Waals surface area contributed by atoms with Crippen molar-refractivity contribution in [3.63, 3.8) is 0 Å². The lowest BCUT2D eigenvalue weighted by Gasteiger charge is -2.20. The van der Waals surface area contributed by atoms with Crippen LogP contribution in [-0.4, -0.2) is 38.5 Å². The number of halogens is 1. The highest BCUT2D eigenvalue weighted by molar-refractivity contribution is 9.10. The quantitative estimate of drug-likeness (QED) is 0.899. The Balaban J connectivity index is 1.76. The Kier molecular flexibility index (Phi) is 3.98. The predicted molar refractivity (Wildman–Crippen MR) is 77.5 cm³/mol. The van der Waals surface area contributed by atoms with Gasteiger partial charge in [-0.3, -0.25) is 9.78 Å². The van der Waals surface area contributed by atoms with E-state index in [1.54, 1.807) is 19.4 Å². The molecular formula is C13H14BrN5O2. The van der Waals surface area contributed by atoms with Crippen molar-refractivity contribution in [1.82, 2.24) is 25.3 Å². The van der Waals surface area contributed by atoms with E-state index in [1.807, 2.05) is 6.07 Å². The van der Waals surface area contributed by atoms with E-state index in [0.717, 1.165) is 16.5 Å². The summed E-state index contributed by atoms with van der Waals surface area (Å²) in [7, 11) is 1.68. The number of ether oxygens (including phenoxy) is 1. The summed E-state index contributed by atoms with van der Waals surface area (Å²) < 4.78 is 8.07. The Hall–Kier alpha value is -1.80. The minimum absolute atomic E-state index is 0.0940. The van der Waals surface area contributed by atoms with Crippen LogP contribution >= 0.6 is 15.9 Å². The molecule has 0 aromatic carbocycles. The van der Waals surface area contributed by atoms with Crippen LogP contribution in [0, 0.1) is 0 Å². The number of rotatable bonds is 3. The molecule has 7 nitrogen and oxygen atoms in total. The van der Waals surface area contributed by atoms with Gasteiger partial charge in [0.2, 0.25) is 0 Å². The third-order valence-corrected chi connectivity index (χ3v) is 3.84. The molecule has 0 unspecified atom stereocenters. The fraction of sp³-hybridized carbons (Fsp3) is 0.385. The van der Waals surface area contributed by atoms with Crippen molar-refractivity contribution in [1.29, 1.82) is 0 Å². The Morgan fingerprint density at radius 2 is 2.33 bits per heavy atom. The Bertz CT molecular complexity index is 660. The summed E-state index contributed by atoms with van der Waals surface area (Å²) in [5.41, 5.74) is 1.36. The van der Waals surface area contributed by atoms with Crippen LogP contribution in [0.25, 0.3) is 0 Å². The fourth-order valence-electron chi connectivity index (χ4n) is 2.39. The first-order valence-corrected chi connectivity index (χ1v) is 7.32. The minimum atomic E-state index is -0.203. The second-order valence-electron chi connectivity index (χ2n) is 4.84. The second-order valence-corrected chi connectivity index (χ2v) is 5.76. The first-order valence-electron chi connectivity index (χ1n) is 6.53. The van der Waals surface area contributed by atoms with Gasteiger partial charge in [-0.25, -0.2) is 4.68 Å². The van der Waals surface area contributed by atoms with Crippen LogP contribution in [-0.2, 0) is 11.8 Å². The van der Waals surface area contributed by atoms with Crippen molar-refractivity contribution >= 4 is 21.8 Å². The smallest absolute Gasteiger partial charge is 0.271 e. The number of aryl methyl sites for hydroxylation is 1. The van der Waals surface area contributed by atoms with Gasteiger partial charge in [-0.05, 0) is 28.4 Å². The highest BCUT2D eigenvalue weighted by Gasteiger charge is 2.32. The van der Waals surface area contributed by atoms with E-state index in [9.17, 15) is 4.79 Å². The maximum Gasteiger partial charge on any atom is 0.271 e. The molecule has 1 saturated heterocycles.